The van der Waals surface area contributed by atoms with Crippen molar-refractivity contribution in [2.45, 2.75) is 6.04 Å². The van der Waals surface area contributed by atoms with Gasteiger partial charge < -0.3 is 20.1 Å². The van der Waals surface area contributed by atoms with E-state index in [0.29, 0.717) is 28.6 Å². The molecule has 2 heterocycles. The molecule has 1 atom stereocenters. The Morgan fingerprint density at radius 2 is 1.77 bits per heavy atom. The Bertz CT molecular complexity index is 1400. The standard InChI is InChI=1S/C27H23BrN4O3/c1-34-24-10-6-9-20(25(24)35-2)23-15-22(17-11-13-18(28)14-12-17)31-26-21(16-29-32(23)26)27(33)30-19-7-4-3-5-8-19/h3-16,23,31H,1-2H3,(H,30,33)/t23-/m0/s1. The molecule has 0 aliphatic carbocycles. The highest BCUT2D eigenvalue weighted by molar-refractivity contribution is 9.10. The van der Waals surface area contributed by atoms with Gasteiger partial charge >= 0.3 is 0 Å². The SMILES string of the molecule is COc1cccc([C@@H]2C=C(c3ccc(Br)cc3)Nc3c(C(=O)Nc4ccccc4)cnn32)c1OC. The zero-order chi connectivity index (χ0) is 24.4. The normalized spacial score (nSPS) is 14.4. The second-order valence-electron chi connectivity index (χ2n) is 7.91. The van der Waals surface area contributed by atoms with Crippen molar-refractivity contribution in [3.05, 3.63) is 106 Å². The van der Waals surface area contributed by atoms with Crippen LogP contribution in [0.2, 0.25) is 0 Å². The Morgan fingerprint density at radius 3 is 2.49 bits per heavy atom. The summed E-state index contributed by atoms with van der Waals surface area (Å²) in [6.45, 7) is 0. The molecule has 0 fully saturated rings. The van der Waals surface area contributed by atoms with Gasteiger partial charge in [-0.2, -0.15) is 5.10 Å². The number of hydrogen-bond donors (Lipinski definition) is 2. The van der Waals surface area contributed by atoms with Gasteiger partial charge in [0.15, 0.2) is 11.5 Å². The van der Waals surface area contributed by atoms with Gasteiger partial charge in [0.1, 0.15) is 17.4 Å². The highest BCUT2D eigenvalue weighted by atomic mass is 79.9. The highest BCUT2D eigenvalue weighted by Gasteiger charge is 2.30. The molecule has 7 nitrogen and oxygen atoms in total. The number of allylic oxidation sites excluding steroid dienone is 1. The molecule has 0 spiro atoms. The molecular weight excluding hydrogens is 508 g/mol. The third-order valence-electron chi connectivity index (χ3n) is 5.82. The molecule has 4 aromatic rings. The number of aromatic nitrogens is 2. The number of carbonyl (C=O) groups is 1. The number of hydrogen-bond acceptors (Lipinski definition) is 5. The molecule has 0 unspecified atom stereocenters. The predicted molar refractivity (Wildman–Crippen MR) is 140 cm³/mol. The van der Waals surface area contributed by atoms with Gasteiger partial charge in [-0.3, -0.25) is 4.79 Å². The fourth-order valence-corrected chi connectivity index (χ4v) is 4.41. The summed E-state index contributed by atoms with van der Waals surface area (Å²) in [5.74, 6) is 1.58. The molecule has 0 bridgehead atoms. The summed E-state index contributed by atoms with van der Waals surface area (Å²) in [4.78, 5) is 13.2. The second-order valence-corrected chi connectivity index (χ2v) is 8.83. The fraction of sp³-hybridized carbons (Fsp3) is 0.111. The van der Waals surface area contributed by atoms with E-state index in [1.165, 1.54) is 0 Å². The highest BCUT2D eigenvalue weighted by Crippen LogP contribution is 2.41. The molecule has 5 rings (SSSR count). The van der Waals surface area contributed by atoms with E-state index >= 15 is 0 Å². The Morgan fingerprint density at radius 1 is 1.00 bits per heavy atom. The van der Waals surface area contributed by atoms with Gasteiger partial charge in [0.25, 0.3) is 5.91 Å². The Hall–Kier alpha value is -4.04. The molecule has 1 aromatic heterocycles. The molecule has 1 amide bonds. The number of halogens is 1. The quantitative estimate of drug-likeness (QED) is 0.321. The molecule has 1 aliphatic rings. The van der Waals surface area contributed by atoms with Crippen molar-refractivity contribution in [1.29, 1.82) is 0 Å². The van der Waals surface area contributed by atoms with Crippen LogP contribution in [0.3, 0.4) is 0 Å². The zero-order valence-electron chi connectivity index (χ0n) is 19.2. The Balaban J connectivity index is 1.62. The van der Waals surface area contributed by atoms with Crippen LogP contribution < -0.4 is 20.1 Å². The molecule has 2 N–H and O–H groups in total. The van der Waals surface area contributed by atoms with Crippen molar-refractivity contribution >= 4 is 39.0 Å². The lowest BCUT2D eigenvalue weighted by Gasteiger charge is -2.27. The van der Waals surface area contributed by atoms with Gasteiger partial charge in [0, 0.05) is 21.4 Å². The van der Waals surface area contributed by atoms with Gasteiger partial charge in [-0.25, -0.2) is 4.68 Å². The Kier molecular flexibility index (Phi) is 6.29. The maximum atomic E-state index is 13.2. The maximum Gasteiger partial charge on any atom is 0.261 e. The minimum atomic E-state index is -0.340. The van der Waals surface area contributed by atoms with Gasteiger partial charge in [-0.1, -0.05) is 58.4 Å². The number of nitrogens with one attached hydrogen (secondary N) is 2. The third kappa shape index (κ3) is 4.40. The summed E-state index contributed by atoms with van der Waals surface area (Å²) >= 11 is 3.50. The van der Waals surface area contributed by atoms with Crippen LogP contribution >= 0.6 is 15.9 Å². The first-order valence-corrected chi connectivity index (χ1v) is 11.8. The van der Waals surface area contributed by atoms with E-state index in [-0.39, 0.29) is 11.9 Å². The van der Waals surface area contributed by atoms with Crippen molar-refractivity contribution in [3.63, 3.8) is 0 Å². The molecule has 3 aromatic carbocycles. The summed E-state index contributed by atoms with van der Waals surface area (Å²) in [7, 11) is 3.23. The number of anilines is 2. The number of rotatable bonds is 6. The molecular formula is C27H23BrN4O3. The van der Waals surface area contributed by atoms with E-state index in [0.717, 1.165) is 21.3 Å². The largest absolute Gasteiger partial charge is 0.493 e. The molecule has 8 heteroatoms. The van der Waals surface area contributed by atoms with Crippen LogP contribution in [-0.4, -0.2) is 29.9 Å². The minimum absolute atomic E-state index is 0.252. The minimum Gasteiger partial charge on any atom is -0.493 e. The molecule has 176 valence electrons. The molecule has 0 radical (unpaired) electrons. The van der Waals surface area contributed by atoms with E-state index in [1.54, 1.807) is 25.1 Å². The van der Waals surface area contributed by atoms with Crippen molar-refractivity contribution in [3.8, 4) is 11.5 Å². The number of carbonyl (C=O) groups excluding carboxylic acids is 1. The van der Waals surface area contributed by atoms with Gasteiger partial charge in [0.05, 0.1) is 20.4 Å². The number of para-hydroxylation sites is 2. The molecule has 1 aliphatic heterocycles. The van der Waals surface area contributed by atoms with E-state index in [2.05, 4.69) is 37.7 Å². The van der Waals surface area contributed by atoms with E-state index in [1.807, 2.05) is 72.8 Å². The van der Waals surface area contributed by atoms with Crippen molar-refractivity contribution in [2.75, 3.05) is 24.9 Å². The van der Waals surface area contributed by atoms with E-state index < -0.39 is 0 Å². The van der Waals surface area contributed by atoms with Crippen LogP contribution in [0.15, 0.2) is 89.5 Å². The first-order chi connectivity index (χ1) is 17.1. The van der Waals surface area contributed by atoms with Gasteiger partial charge in [0.2, 0.25) is 0 Å². The topological polar surface area (TPSA) is 77.4 Å². The lowest BCUT2D eigenvalue weighted by Crippen LogP contribution is -2.22. The second kappa shape index (κ2) is 9.68. The molecule has 0 saturated carbocycles. The molecule has 35 heavy (non-hydrogen) atoms. The number of methoxy groups -OCH3 is 2. The van der Waals surface area contributed by atoms with Gasteiger partial charge in [-0.15, -0.1) is 0 Å². The van der Waals surface area contributed by atoms with Crippen molar-refractivity contribution < 1.29 is 14.3 Å². The lowest BCUT2D eigenvalue weighted by molar-refractivity contribution is 0.102. The smallest absolute Gasteiger partial charge is 0.261 e. The number of ether oxygens (including phenoxy) is 2. The predicted octanol–water partition coefficient (Wildman–Crippen LogP) is 5.97. The summed E-state index contributed by atoms with van der Waals surface area (Å²) in [6, 6.07) is 22.7. The fourth-order valence-electron chi connectivity index (χ4n) is 4.15. The third-order valence-corrected chi connectivity index (χ3v) is 6.35. The van der Waals surface area contributed by atoms with Crippen LogP contribution in [-0.2, 0) is 0 Å². The first-order valence-electron chi connectivity index (χ1n) is 11.0. The zero-order valence-corrected chi connectivity index (χ0v) is 20.7. The van der Waals surface area contributed by atoms with Crippen molar-refractivity contribution in [2.24, 2.45) is 0 Å². The maximum absolute atomic E-state index is 13.2. The average Bonchev–Trinajstić information content (AvgIpc) is 3.33. The van der Waals surface area contributed by atoms with Crippen LogP contribution in [0.1, 0.15) is 27.5 Å². The summed E-state index contributed by atoms with van der Waals surface area (Å²) < 4.78 is 14.0. The van der Waals surface area contributed by atoms with Gasteiger partial charge in [-0.05, 0) is 42.0 Å². The van der Waals surface area contributed by atoms with E-state index in [9.17, 15) is 4.79 Å². The Labute approximate surface area is 211 Å². The number of amides is 1. The van der Waals surface area contributed by atoms with Crippen LogP contribution in [0, 0.1) is 0 Å². The number of nitrogens with zero attached hydrogens (tertiary/aromatic N) is 2. The lowest BCUT2D eigenvalue weighted by atomic mass is 9.99. The average molecular weight is 531 g/mol. The number of fused-ring (bicyclic) bond motifs is 1. The molecule has 0 saturated heterocycles. The summed E-state index contributed by atoms with van der Waals surface area (Å²) in [5.41, 5.74) is 3.84. The summed E-state index contributed by atoms with van der Waals surface area (Å²) in [6.07, 6.45) is 3.65. The van der Waals surface area contributed by atoms with Crippen LogP contribution in [0.5, 0.6) is 11.5 Å². The van der Waals surface area contributed by atoms with Crippen LogP contribution in [0.4, 0.5) is 11.5 Å². The summed E-state index contributed by atoms with van der Waals surface area (Å²) in [5, 5.41) is 11.0. The first kappa shape index (κ1) is 22.7. The van der Waals surface area contributed by atoms with E-state index in [4.69, 9.17) is 9.47 Å². The van der Waals surface area contributed by atoms with Crippen LogP contribution in [0.25, 0.3) is 5.70 Å². The monoisotopic (exact) mass is 530 g/mol. The van der Waals surface area contributed by atoms with Crippen molar-refractivity contribution in [1.82, 2.24) is 9.78 Å². The number of benzene rings is 3.